The number of hydrogen-bond acceptors (Lipinski definition) is 0. The summed E-state index contributed by atoms with van der Waals surface area (Å²) in [6, 6.07) is 8.14. The molecule has 2 heteroatoms. The Bertz CT molecular complexity index is 2540. The third-order valence-corrected chi connectivity index (χ3v) is 14.3. The number of quaternary nitrogens is 2. The molecule has 0 radical (unpaired) electrons. The Labute approximate surface area is 244 Å². The first-order valence-electron chi connectivity index (χ1n) is 16.4. The maximum atomic E-state index is 2.83. The first kappa shape index (κ1) is 20.4. The van der Waals surface area contributed by atoms with E-state index in [1.54, 1.807) is 104 Å². The summed E-state index contributed by atoms with van der Waals surface area (Å²) in [6.45, 7) is 4.95. The zero-order chi connectivity index (χ0) is 27.2. The Morgan fingerprint density at radius 1 is 0.619 bits per heavy atom. The fourth-order valence-corrected chi connectivity index (χ4v) is 13.8. The average molecular weight is 541 g/mol. The summed E-state index contributed by atoms with van der Waals surface area (Å²) >= 11 is 0. The van der Waals surface area contributed by atoms with Gasteiger partial charge in [0.25, 0.3) is 0 Å². The number of likely N-dealkylation sites (N-methyl/N-ethyl adjacent to an activating group) is 2. The standard InChI is InChI=1S/C40H32N2/c1-41(2)13-24-22-10-19-8-18-7-17-5-6-39-12-21-9-20-11-23(25(24)14-41)31-30(22)32-26(19)27(18)35-36-34(32)33(31)28(20)29(21)38(36)40(39,37(17)35)16-42(3,4)15-39/h5-7,10-12,24-25H,8-9,13-16H2,1-4H3/q+2. The fraction of sp³-hybridized carbons (Fsp3) is 0.350. The molecule has 5 aromatic carbocycles. The Balaban J connectivity index is 1.35. The zero-order valence-corrected chi connectivity index (χ0v) is 24.8. The molecule has 5 aromatic rings. The van der Waals surface area contributed by atoms with Crippen molar-refractivity contribution >= 4 is 54.7 Å². The van der Waals surface area contributed by atoms with Gasteiger partial charge >= 0.3 is 0 Å². The van der Waals surface area contributed by atoms with Crippen molar-refractivity contribution in [2.75, 3.05) is 54.4 Å². The number of rotatable bonds is 0. The van der Waals surface area contributed by atoms with Crippen LogP contribution in [0.4, 0.5) is 0 Å². The van der Waals surface area contributed by atoms with E-state index in [1.807, 2.05) is 0 Å². The van der Waals surface area contributed by atoms with Crippen LogP contribution in [0.3, 0.4) is 0 Å². The quantitative estimate of drug-likeness (QED) is 0.142. The van der Waals surface area contributed by atoms with E-state index < -0.39 is 0 Å². The van der Waals surface area contributed by atoms with Crippen molar-refractivity contribution in [2.45, 2.75) is 30.1 Å². The molecule has 1 spiro atoms. The Morgan fingerprint density at radius 3 is 2.07 bits per heavy atom. The minimum absolute atomic E-state index is 0.0683. The van der Waals surface area contributed by atoms with Crippen LogP contribution in [0.2, 0.25) is 0 Å². The maximum absolute atomic E-state index is 2.83. The summed E-state index contributed by atoms with van der Waals surface area (Å²) in [5, 5.41) is 13.4. The van der Waals surface area contributed by atoms with Crippen LogP contribution in [0.1, 0.15) is 61.9 Å². The highest BCUT2D eigenvalue weighted by molar-refractivity contribution is 6.45. The van der Waals surface area contributed by atoms with Crippen molar-refractivity contribution in [3.8, 4) is 11.1 Å². The van der Waals surface area contributed by atoms with Crippen molar-refractivity contribution in [3.63, 3.8) is 0 Å². The van der Waals surface area contributed by atoms with Crippen molar-refractivity contribution in [2.24, 2.45) is 5.41 Å². The third kappa shape index (κ3) is 1.59. The summed E-state index contributed by atoms with van der Waals surface area (Å²) in [5.74, 6) is 1.29. The second kappa shape index (κ2) is 5.16. The molecule has 0 amide bonds. The normalized spacial score (nSPS) is 33.3. The lowest BCUT2D eigenvalue weighted by atomic mass is 9.53. The van der Waals surface area contributed by atoms with Crippen LogP contribution in [0.5, 0.6) is 0 Å². The Kier molecular flexibility index (Phi) is 2.51. The first-order chi connectivity index (χ1) is 20.2. The molecule has 2 aliphatic heterocycles. The number of likely N-dealkylation sites (tertiary alicyclic amines) is 2. The summed E-state index contributed by atoms with van der Waals surface area (Å²) in [7, 11) is 9.97. The largest absolute Gasteiger partial charge is 0.327 e. The number of allylic oxidation sites excluding steroid dienone is 1. The van der Waals surface area contributed by atoms with Crippen LogP contribution in [-0.2, 0) is 18.3 Å². The molecule has 7 aliphatic carbocycles. The van der Waals surface area contributed by atoms with E-state index in [9.17, 15) is 0 Å². The lowest BCUT2D eigenvalue weighted by molar-refractivity contribution is -0.881. The van der Waals surface area contributed by atoms with Gasteiger partial charge in [0.2, 0.25) is 0 Å². The van der Waals surface area contributed by atoms with Crippen molar-refractivity contribution in [3.05, 3.63) is 80.4 Å². The SMILES string of the molecule is C[N+]1(C)CC2c3cc4c5c6c7c8c9c%10c(cc%11c9c9c(cc(c%12c9c8c5c3-%12)C2C1)C%11)C=CC1(C=C6C4)C[N+](C)(C)CC%1071. The topological polar surface area (TPSA) is 0 Å². The Hall–Kier alpha value is -3.46. The molecular formula is C40H32N2+2. The second-order valence-electron chi connectivity index (χ2n) is 17.3. The molecule has 0 bridgehead atoms. The molecule has 2 fully saturated rings. The summed E-state index contributed by atoms with van der Waals surface area (Å²) < 4.78 is 2.24. The van der Waals surface area contributed by atoms with Gasteiger partial charge < -0.3 is 8.97 Å². The van der Waals surface area contributed by atoms with Gasteiger partial charge in [-0.25, -0.2) is 0 Å². The molecule has 42 heavy (non-hydrogen) atoms. The minimum Gasteiger partial charge on any atom is -0.327 e. The van der Waals surface area contributed by atoms with E-state index in [-0.39, 0.29) is 10.8 Å². The second-order valence-corrected chi connectivity index (χ2v) is 17.3. The number of benzene rings is 5. The van der Waals surface area contributed by atoms with Crippen LogP contribution in [0, 0.1) is 5.41 Å². The van der Waals surface area contributed by atoms with Crippen molar-refractivity contribution < 1.29 is 8.97 Å². The number of hydrogen-bond donors (Lipinski definition) is 0. The predicted octanol–water partition coefficient (Wildman–Crippen LogP) is 7.11. The number of fused-ring (bicyclic) bond motifs is 3. The summed E-state index contributed by atoms with van der Waals surface area (Å²) in [6.07, 6.45) is 10.3. The van der Waals surface area contributed by atoms with E-state index in [0.29, 0.717) is 11.8 Å². The molecule has 2 saturated heterocycles. The zero-order valence-electron chi connectivity index (χ0n) is 24.8. The smallest absolute Gasteiger partial charge is 0.0937 e. The molecular weight excluding hydrogens is 508 g/mol. The summed E-state index contributed by atoms with van der Waals surface area (Å²) in [5.41, 5.74) is 20.2. The molecule has 14 rings (SSSR count). The van der Waals surface area contributed by atoms with Gasteiger partial charge in [-0.05, 0) is 123 Å². The highest BCUT2D eigenvalue weighted by Crippen LogP contribution is 2.74. The fourth-order valence-electron chi connectivity index (χ4n) is 13.8. The molecule has 4 atom stereocenters. The molecule has 0 N–H and O–H groups in total. The van der Waals surface area contributed by atoms with Crippen LogP contribution in [-0.4, -0.2) is 63.3 Å². The van der Waals surface area contributed by atoms with E-state index in [0.717, 1.165) is 21.8 Å². The van der Waals surface area contributed by atoms with Crippen LogP contribution >= 0.6 is 0 Å². The van der Waals surface area contributed by atoms with Gasteiger partial charge in [0, 0.05) is 11.8 Å². The number of nitrogens with zero attached hydrogens (tertiary/aromatic N) is 2. The van der Waals surface area contributed by atoms with Gasteiger partial charge in [-0.1, -0.05) is 36.4 Å². The van der Waals surface area contributed by atoms with Crippen molar-refractivity contribution in [1.82, 2.24) is 0 Å². The van der Waals surface area contributed by atoms with E-state index in [1.165, 1.54) is 31.7 Å². The van der Waals surface area contributed by atoms with Gasteiger partial charge in [-0.15, -0.1) is 0 Å². The lowest BCUT2D eigenvalue weighted by Crippen LogP contribution is -2.46. The highest BCUT2D eigenvalue weighted by Gasteiger charge is 2.70. The molecule has 9 aliphatic rings. The lowest BCUT2D eigenvalue weighted by Gasteiger charge is -2.45. The van der Waals surface area contributed by atoms with Gasteiger partial charge in [0.15, 0.2) is 0 Å². The first-order valence-corrected chi connectivity index (χ1v) is 16.4. The molecule has 0 saturated carbocycles. The average Bonchev–Trinajstić information content (AvgIpc) is 3.72. The molecule has 200 valence electrons. The van der Waals surface area contributed by atoms with Gasteiger partial charge in [0.05, 0.1) is 65.2 Å². The van der Waals surface area contributed by atoms with E-state index in [2.05, 4.69) is 64.6 Å². The molecule has 2 heterocycles. The highest BCUT2D eigenvalue weighted by atomic mass is 15.3. The summed E-state index contributed by atoms with van der Waals surface area (Å²) in [4.78, 5) is 0. The van der Waals surface area contributed by atoms with Crippen LogP contribution in [0.25, 0.3) is 65.9 Å². The molecule has 0 aromatic heterocycles. The van der Waals surface area contributed by atoms with Crippen LogP contribution < -0.4 is 0 Å². The van der Waals surface area contributed by atoms with Crippen molar-refractivity contribution in [1.29, 1.82) is 0 Å². The Morgan fingerprint density at radius 2 is 1.29 bits per heavy atom. The van der Waals surface area contributed by atoms with Gasteiger partial charge in [-0.2, -0.15) is 0 Å². The van der Waals surface area contributed by atoms with Crippen LogP contribution in [0.15, 0.2) is 30.4 Å². The maximum Gasteiger partial charge on any atom is 0.0937 e. The predicted molar refractivity (Wildman–Crippen MR) is 171 cm³/mol. The molecule has 2 nitrogen and oxygen atoms in total. The molecule has 4 unspecified atom stereocenters. The van der Waals surface area contributed by atoms with Gasteiger partial charge in [-0.3, -0.25) is 0 Å². The monoisotopic (exact) mass is 540 g/mol. The minimum atomic E-state index is 0.0683. The third-order valence-electron chi connectivity index (χ3n) is 14.3. The van der Waals surface area contributed by atoms with E-state index >= 15 is 0 Å². The van der Waals surface area contributed by atoms with E-state index in [4.69, 9.17) is 0 Å². The van der Waals surface area contributed by atoms with Gasteiger partial charge in [0.1, 0.15) is 0 Å².